The van der Waals surface area contributed by atoms with E-state index >= 15 is 0 Å². The van der Waals surface area contributed by atoms with Crippen LogP contribution in [0.1, 0.15) is 57.0 Å². The molecule has 0 aliphatic rings. The summed E-state index contributed by atoms with van der Waals surface area (Å²) in [6.45, 7) is 13.5. The van der Waals surface area contributed by atoms with Gasteiger partial charge in [-0.05, 0) is 67.0 Å². The maximum absolute atomic E-state index is 6.06. The molecule has 2 heterocycles. The first kappa shape index (κ1) is 21.0. The van der Waals surface area contributed by atoms with Crippen LogP contribution in [-0.4, -0.2) is 21.7 Å². The first-order valence-electron chi connectivity index (χ1n) is 10.5. The molecule has 2 aromatic heterocycles. The van der Waals surface area contributed by atoms with E-state index in [2.05, 4.69) is 74.9 Å². The van der Waals surface area contributed by atoms with Gasteiger partial charge in [-0.2, -0.15) is 4.98 Å². The molecule has 0 aliphatic carbocycles. The lowest BCUT2D eigenvalue weighted by Gasteiger charge is -2.16. The van der Waals surface area contributed by atoms with Crippen LogP contribution in [0.5, 0.6) is 5.75 Å². The van der Waals surface area contributed by atoms with E-state index in [9.17, 15) is 0 Å². The van der Waals surface area contributed by atoms with Gasteiger partial charge < -0.3 is 9.26 Å². The van der Waals surface area contributed by atoms with Crippen LogP contribution in [0.25, 0.3) is 22.8 Å². The van der Waals surface area contributed by atoms with Gasteiger partial charge in [0.15, 0.2) is 0 Å². The molecule has 3 rings (SSSR count). The summed E-state index contributed by atoms with van der Waals surface area (Å²) in [6.07, 6.45) is 4.56. The van der Waals surface area contributed by atoms with Crippen molar-refractivity contribution < 1.29 is 9.26 Å². The molecule has 0 bridgehead atoms. The summed E-state index contributed by atoms with van der Waals surface area (Å²) in [7, 11) is 0. The summed E-state index contributed by atoms with van der Waals surface area (Å²) >= 11 is 0. The Morgan fingerprint density at radius 3 is 2.34 bits per heavy atom. The zero-order chi connectivity index (χ0) is 21.0. The maximum atomic E-state index is 6.06. The smallest absolute Gasteiger partial charge is 0.259 e. The Labute approximate surface area is 173 Å². The average molecular weight is 394 g/mol. The van der Waals surface area contributed by atoms with Crippen LogP contribution < -0.4 is 4.74 Å². The number of rotatable bonds is 8. The minimum atomic E-state index is 0.485. The number of hydrogen-bond donors (Lipinski definition) is 0. The van der Waals surface area contributed by atoms with Crippen LogP contribution in [0.15, 0.2) is 28.9 Å². The summed E-state index contributed by atoms with van der Waals surface area (Å²) in [5.41, 5.74) is 6.40. The highest BCUT2D eigenvalue weighted by molar-refractivity contribution is 5.64. The highest BCUT2D eigenvalue weighted by atomic mass is 16.5. The molecule has 154 valence electrons. The van der Waals surface area contributed by atoms with Gasteiger partial charge in [0.25, 0.3) is 5.89 Å². The highest BCUT2D eigenvalue weighted by Gasteiger charge is 2.16. The van der Waals surface area contributed by atoms with Gasteiger partial charge >= 0.3 is 0 Å². The highest BCUT2D eigenvalue weighted by Crippen LogP contribution is 2.31. The molecule has 0 saturated carbocycles. The third-order valence-corrected chi connectivity index (χ3v) is 5.00. The van der Waals surface area contributed by atoms with Crippen LogP contribution >= 0.6 is 0 Å². The predicted molar refractivity (Wildman–Crippen MR) is 116 cm³/mol. The van der Waals surface area contributed by atoms with Crippen LogP contribution in [0.4, 0.5) is 0 Å². The van der Waals surface area contributed by atoms with Gasteiger partial charge in [-0.1, -0.05) is 39.8 Å². The van der Waals surface area contributed by atoms with E-state index in [1.54, 1.807) is 0 Å². The molecular formula is C24H31N3O2. The molecule has 5 heteroatoms. The first-order chi connectivity index (χ1) is 14.0. The lowest BCUT2D eigenvalue weighted by Crippen LogP contribution is -2.07. The largest absolute Gasteiger partial charge is 0.493 e. The predicted octanol–water partition coefficient (Wildman–Crippen LogP) is 5.83. The molecule has 0 aliphatic heterocycles. The van der Waals surface area contributed by atoms with E-state index in [4.69, 9.17) is 9.26 Å². The number of hydrogen-bond acceptors (Lipinski definition) is 5. The van der Waals surface area contributed by atoms with Crippen molar-refractivity contribution in [2.75, 3.05) is 6.61 Å². The molecule has 0 amide bonds. The van der Waals surface area contributed by atoms with Crippen molar-refractivity contribution in [3.63, 3.8) is 0 Å². The summed E-state index contributed by atoms with van der Waals surface area (Å²) in [5, 5.41) is 4.23. The van der Waals surface area contributed by atoms with Gasteiger partial charge in [0, 0.05) is 17.5 Å². The zero-order valence-corrected chi connectivity index (χ0v) is 18.4. The summed E-state index contributed by atoms with van der Waals surface area (Å²) in [5.74, 6) is 2.55. The zero-order valence-electron chi connectivity index (χ0n) is 18.4. The van der Waals surface area contributed by atoms with Gasteiger partial charge in [0.05, 0.1) is 12.2 Å². The number of nitrogens with zero attached hydrogens (tertiary/aromatic N) is 3. The molecule has 0 fully saturated rings. The fourth-order valence-electron chi connectivity index (χ4n) is 3.43. The molecular weight excluding hydrogens is 362 g/mol. The van der Waals surface area contributed by atoms with Crippen LogP contribution in [0.2, 0.25) is 0 Å². The number of aromatic nitrogens is 3. The average Bonchev–Trinajstić information content (AvgIpc) is 3.21. The molecule has 0 spiro atoms. The minimum Gasteiger partial charge on any atom is -0.493 e. The second-order valence-electron chi connectivity index (χ2n) is 7.80. The molecule has 0 N–H and O–H groups in total. The van der Waals surface area contributed by atoms with E-state index in [0.717, 1.165) is 53.0 Å². The van der Waals surface area contributed by atoms with Crippen molar-refractivity contribution in [3.05, 3.63) is 46.8 Å². The monoisotopic (exact) mass is 393 g/mol. The lowest BCUT2D eigenvalue weighted by molar-refractivity contribution is 0.267. The Bertz CT molecular complexity index is 976. The Balaban J connectivity index is 1.93. The van der Waals surface area contributed by atoms with Crippen molar-refractivity contribution in [1.29, 1.82) is 0 Å². The number of benzene rings is 1. The van der Waals surface area contributed by atoms with Crippen molar-refractivity contribution >= 4 is 0 Å². The van der Waals surface area contributed by atoms with E-state index in [-0.39, 0.29) is 0 Å². The molecule has 1 aromatic carbocycles. The van der Waals surface area contributed by atoms with Gasteiger partial charge in [-0.3, -0.25) is 4.98 Å². The Morgan fingerprint density at radius 2 is 1.69 bits per heavy atom. The van der Waals surface area contributed by atoms with Crippen LogP contribution in [0, 0.1) is 12.8 Å². The van der Waals surface area contributed by atoms with Gasteiger partial charge in [-0.15, -0.1) is 0 Å². The van der Waals surface area contributed by atoms with E-state index in [1.165, 1.54) is 5.56 Å². The first-order valence-corrected chi connectivity index (χ1v) is 10.5. The van der Waals surface area contributed by atoms with Crippen LogP contribution in [0.3, 0.4) is 0 Å². The van der Waals surface area contributed by atoms with Crippen molar-refractivity contribution in [2.24, 2.45) is 5.92 Å². The van der Waals surface area contributed by atoms with Gasteiger partial charge in [-0.25, -0.2) is 0 Å². The second-order valence-corrected chi connectivity index (χ2v) is 7.80. The van der Waals surface area contributed by atoms with Crippen molar-refractivity contribution in [2.45, 2.75) is 60.8 Å². The van der Waals surface area contributed by atoms with Gasteiger partial charge in [0.2, 0.25) is 5.82 Å². The quantitative estimate of drug-likeness (QED) is 0.482. The molecule has 3 aromatic rings. The summed E-state index contributed by atoms with van der Waals surface area (Å²) in [4.78, 5) is 9.21. The number of pyridine rings is 1. The lowest BCUT2D eigenvalue weighted by atomic mass is 10.0. The second kappa shape index (κ2) is 9.21. The molecule has 0 saturated heterocycles. The number of ether oxygens (including phenoxy) is 1. The Hall–Kier alpha value is -2.69. The van der Waals surface area contributed by atoms with Gasteiger partial charge in [0.1, 0.15) is 5.75 Å². The fourth-order valence-corrected chi connectivity index (χ4v) is 3.43. The molecule has 5 nitrogen and oxygen atoms in total. The Morgan fingerprint density at radius 1 is 0.966 bits per heavy atom. The standard InChI is InChI=1S/C24H31N3O2/c1-7-17-11-20(13-25-21(17)9-3)24-26-23(27-29-24)19-10-16(6)22(18(8-2)12-19)28-14-15(4)5/h10-13,15H,7-9,14H2,1-6H3. The van der Waals surface area contributed by atoms with Crippen molar-refractivity contribution in [1.82, 2.24) is 15.1 Å². The molecule has 0 radical (unpaired) electrons. The van der Waals surface area contributed by atoms with Crippen LogP contribution in [-0.2, 0) is 19.3 Å². The molecule has 0 unspecified atom stereocenters. The summed E-state index contributed by atoms with van der Waals surface area (Å²) < 4.78 is 11.6. The maximum Gasteiger partial charge on any atom is 0.259 e. The van der Waals surface area contributed by atoms with E-state index in [1.807, 2.05) is 6.20 Å². The van der Waals surface area contributed by atoms with E-state index in [0.29, 0.717) is 24.2 Å². The molecule has 0 atom stereocenters. The molecule has 29 heavy (non-hydrogen) atoms. The SMILES string of the molecule is CCc1cc(-c2nc(-c3cc(C)c(OCC(C)C)c(CC)c3)no2)cnc1CC. The fraction of sp³-hybridized carbons (Fsp3) is 0.458. The number of aryl methyl sites for hydroxylation is 4. The summed E-state index contributed by atoms with van der Waals surface area (Å²) in [6, 6.07) is 6.28. The minimum absolute atomic E-state index is 0.485. The third kappa shape index (κ3) is 4.66. The Kier molecular flexibility index (Phi) is 6.68. The van der Waals surface area contributed by atoms with Crippen molar-refractivity contribution in [3.8, 4) is 28.6 Å². The third-order valence-electron chi connectivity index (χ3n) is 5.00. The van der Waals surface area contributed by atoms with E-state index < -0.39 is 0 Å². The topological polar surface area (TPSA) is 61.0 Å². The normalized spacial score (nSPS) is 11.3.